The van der Waals surface area contributed by atoms with Crippen LogP contribution in [0.1, 0.15) is 66.2 Å². The summed E-state index contributed by atoms with van der Waals surface area (Å²) in [4.78, 5) is 28.5. The molecular weight excluding hydrogens is 292 g/mol. The zero-order valence-electron chi connectivity index (χ0n) is 15.1. The van der Waals surface area contributed by atoms with Crippen LogP contribution in [0.25, 0.3) is 0 Å². The molecule has 0 spiro atoms. The number of piperidine rings is 1. The molecular formula is C18H32N2O3. The zero-order chi connectivity index (χ0) is 17.0. The van der Waals surface area contributed by atoms with Gasteiger partial charge in [0.15, 0.2) is 0 Å². The van der Waals surface area contributed by atoms with Crippen molar-refractivity contribution in [2.45, 2.75) is 77.9 Å². The third-order valence-corrected chi connectivity index (χ3v) is 4.75. The van der Waals surface area contributed by atoms with Crippen LogP contribution in [0.15, 0.2) is 0 Å². The van der Waals surface area contributed by atoms with Crippen molar-refractivity contribution in [3.8, 4) is 0 Å². The number of carbonyl (C=O) groups is 2. The first-order chi connectivity index (χ1) is 10.8. The fraction of sp³-hybridized carbons (Fsp3) is 0.889. The Bertz CT molecular complexity index is 430. The van der Waals surface area contributed by atoms with Gasteiger partial charge in [0.25, 0.3) is 0 Å². The molecule has 0 saturated carbocycles. The summed E-state index contributed by atoms with van der Waals surface area (Å²) in [5.74, 6) is 0.677. The predicted molar refractivity (Wildman–Crippen MR) is 90.2 cm³/mol. The predicted octanol–water partition coefficient (Wildman–Crippen LogP) is 3.42. The molecule has 0 aromatic carbocycles. The van der Waals surface area contributed by atoms with Crippen molar-refractivity contribution in [1.82, 2.24) is 9.80 Å². The van der Waals surface area contributed by atoms with Crippen molar-refractivity contribution in [2.24, 2.45) is 5.92 Å². The number of hydrogen-bond donors (Lipinski definition) is 0. The first kappa shape index (κ1) is 18.1. The highest BCUT2D eigenvalue weighted by Gasteiger charge is 2.38. The molecule has 2 unspecified atom stereocenters. The molecule has 2 heterocycles. The van der Waals surface area contributed by atoms with Gasteiger partial charge in [-0.1, -0.05) is 6.92 Å². The topological polar surface area (TPSA) is 49.9 Å². The van der Waals surface area contributed by atoms with Gasteiger partial charge in [-0.3, -0.25) is 4.79 Å². The van der Waals surface area contributed by atoms with E-state index in [9.17, 15) is 9.59 Å². The van der Waals surface area contributed by atoms with E-state index in [2.05, 4.69) is 11.8 Å². The molecule has 0 N–H and O–H groups in total. The Morgan fingerprint density at radius 2 is 1.87 bits per heavy atom. The van der Waals surface area contributed by atoms with E-state index >= 15 is 0 Å². The minimum absolute atomic E-state index is 0.220. The standard InChI is InChI=1S/C18H32N2O3/c1-5-8-16(21)20-11-7-6-9-15(20)14-10-12-19(13-14)17(22)23-18(2,3)4/h14-15H,5-13H2,1-4H3. The lowest BCUT2D eigenvalue weighted by Gasteiger charge is -2.39. The van der Waals surface area contributed by atoms with Gasteiger partial charge in [0.2, 0.25) is 5.91 Å². The Labute approximate surface area is 140 Å². The molecule has 2 aliphatic rings. The van der Waals surface area contributed by atoms with Crippen LogP contribution in [0.5, 0.6) is 0 Å². The lowest BCUT2D eigenvalue weighted by Crippen LogP contribution is -2.48. The van der Waals surface area contributed by atoms with Crippen LogP contribution in [0, 0.1) is 5.92 Å². The first-order valence-electron chi connectivity index (χ1n) is 9.09. The fourth-order valence-corrected chi connectivity index (χ4v) is 3.71. The van der Waals surface area contributed by atoms with Crippen molar-refractivity contribution in [2.75, 3.05) is 19.6 Å². The Morgan fingerprint density at radius 3 is 2.52 bits per heavy atom. The summed E-state index contributed by atoms with van der Waals surface area (Å²) in [7, 11) is 0. The SMILES string of the molecule is CCCC(=O)N1CCCCC1C1CCN(C(=O)OC(C)(C)C)C1. The molecule has 2 atom stereocenters. The number of hydrogen-bond acceptors (Lipinski definition) is 3. The average molecular weight is 324 g/mol. The van der Waals surface area contributed by atoms with Crippen LogP contribution in [0.2, 0.25) is 0 Å². The highest BCUT2D eigenvalue weighted by atomic mass is 16.6. The second-order valence-electron chi connectivity index (χ2n) is 7.88. The summed E-state index contributed by atoms with van der Waals surface area (Å²) in [6, 6.07) is 0.301. The van der Waals surface area contributed by atoms with Crippen molar-refractivity contribution in [3.05, 3.63) is 0 Å². The molecule has 2 aliphatic heterocycles. The minimum atomic E-state index is -0.455. The number of rotatable bonds is 3. The van der Waals surface area contributed by atoms with E-state index in [1.807, 2.05) is 25.7 Å². The normalized spacial score (nSPS) is 25.6. The van der Waals surface area contributed by atoms with E-state index in [4.69, 9.17) is 4.74 Å². The maximum atomic E-state index is 12.4. The summed E-state index contributed by atoms with van der Waals surface area (Å²) < 4.78 is 5.48. The Hall–Kier alpha value is -1.26. The molecule has 0 radical (unpaired) electrons. The van der Waals surface area contributed by atoms with Crippen LogP contribution in [0.4, 0.5) is 4.79 Å². The highest BCUT2D eigenvalue weighted by molar-refractivity contribution is 5.76. The van der Waals surface area contributed by atoms with Crippen LogP contribution in [-0.2, 0) is 9.53 Å². The molecule has 132 valence electrons. The zero-order valence-corrected chi connectivity index (χ0v) is 15.1. The summed E-state index contributed by atoms with van der Waals surface area (Å²) in [5, 5.41) is 0. The molecule has 2 rings (SSSR count). The van der Waals surface area contributed by atoms with E-state index in [0.717, 1.165) is 45.3 Å². The molecule has 23 heavy (non-hydrogen) atoms. The van der Waals surface area contributed by atoms with Gasteiger partial charge in [-0.05, 0) is 58.8 Å². The second kappa shape index (κ2) is 7.54. The van der Waals surface area contributed by atoms with E-state index in [1.54, 1.807) is 0 Å². The van der Waals surface area contributed by atoms with Crippen molar-refractivity contribution < 1.29 is 14.3 Å². The van der Waals surface area contributed by atoms with Gasteiger partial charge in [0.1, 0.15) is 5.60 Å². The van der Waals surface area contributed by atoms with Crippen LogP contribution in [0.3, 0.4) is 0 Å². The maximum absolute atomic E-state index is 12.4. The molecule has 0 aromatic heterocycles. The molecule has 0 aromatic rings. The minimum Gasteiger partial charge on any atom is -0.444 e. The molecule has 5 nitrogen and oxygen atoms in total. The molecule has 0 bridgehead atoms. The van der Waals surface area contributed by atoms with Gasteiger partial charge in [0.05, 0.1) is 0 Å². The van der Waals surface area contributed by atoms with Crippen molar-refractivity contribution in [3.63, 3.8) is 0 Å². The average Bonchev–Trinajstić information content (AvgIpc) is 2.95. The quantitative estimate of drug-likeness (QED) is 0.799. The van der Waals surface area contributed by atoms with E-state index in [0.29, 0.717) is 18.4 Å². The number of amides is 2. The summed E-state index contributed by atoms with van der Waals surface area (Å²) in [5.41, 5.74) is -0.455. The Balaban J connectivity index is 1.96. The van der Waals surface area contributed by atoms with Gasteiger partial charge in [-0.25, -0.2) is 4.79 Å². The Morgan fingerprint density at radius 1 is 1.13 bits per heavy atom. The number of carbonyl (C=O) groups excluding carboxylic acids is 2. The van der Waals surface area contributed by atoms with E-state index in [1.165, 1.54) is 6.42 Å². The third-order valence-electron chi connectivity index (χ3n) is 4.75. The molecule has 5 heteroatoms. The fourth-order valence-electron chi connectivity index (χ4n) is 3.71. The third kappa shape index (κ3) is 4.85. The van der Waals surface area contributed by atoms with E-state index in [-0.39, 0.29) is 12.0 Å². The van der Waals surface area contributed by atoms with E-state index < -0.39 is 5.60 Å². The lowest BCUT2D eigenvalue weighted by atomic mass is 9.89. The smallest absolute Gasteiger partial charge is 0.410 e. The number of ether oxygens (including phenoxy) is 1. The van der Waals surface area contributed by atoms with Crippen molar-refractivity contribution in [1.29, 1.82) is 0 Å². The van der Waals surface area contributed by atoms with Crippen LogP contribution >= 0.6 is 0 Å². The highest BCUT2D eigenvalue weighted by Crippen LogP contribution is 2.31. The van der Waals surface area contributed by atoms with Crippen LogP contribution < -0.4 is 0 Å². The summed E-state index contributed by atoms with van der Waals surface area (Å²) >= 11 is 0. The number of likely N-dealkylation sites (tertiary alicyclic amines) is 2. The largest absolute Gasteiger partial charge is 0.444 e. The van der Waals surface area contributed by atoms with Gasteiger partial charge in [-0.2, -0.15) is 0 Å². The monoisotopic (exact) mass is 324 g/mol. The van der Waals surface area contributed by atoms with Gasteiger partial charge >= 0.3 is 6.09 Å². The van der Waals surface area contributed by atoms with Gasteiger partial charge in [-0.15, -0.1) is 0 Å². The van der Waals surface area contributed by atoms with Crippen molar-refractivity contribution >= 4 is 12.0 Å². The van der Waals surface area contributed by atoms with Gasteiger partial charge in [0, 0.05) is 32.1 Å². The maximum Gasteiger partial charge on any atom is 0.410 e. The lowest BCUT2D eigenvalue weighted by molar-refractivity contribution is -0.136. The molecule has 0 aliphatic carbocycles. The first-order valence-corrected chi connectivity index (χ1v) is 9.09. The number of nitrogens with zero attached hydrogens (tertiary/aromatic N) is 2. The second-order valence-corrected chi connectivity index (χ2v) is 7.88. The summed E-state index contributed by atoms with van der Waals surface area (Å²) in [6.45, 7) is 10.1. The van der Waals surface area contributed by atoms with Crippen LogP contribution in [-0.4, -0.2) is 53.1 Å². The Kier molecular flexibility index (Phi) is 5.93. The molecule has 2 saturated heterocycles. The van der Waals surface area contributed by atoms with Gasteiger partial charge < -0.3 is 14.5 Å². The summed E-state index contributed by atoms with van der Waals surface area (Å²) in [6.07, 6.45) is 5.65. The molecule has 2 fully saturated rings. The molecule has 2 amide bonds.